The highest BCUT2D eigenvalue weighted by Gasteiger charge is 2.39. The van der Waals surface area contributed by atoms with Gasteiger partial charge in [-0.3, -0.25) is 4.79 Å². The van der Waals surface area contributed by atoms with E-state index in [1.165, 1.54) is 11.1 Å². The first kappa shape index (κ1) is 18.0. The average molecular weight is 313 g/mol. The predicted molar refractivity (Wildman–Crippen MR) is 87.0 cm³/mol. The molecule has 0 radical (unpaired) electrons. The molecule has 0 spiro atoms. The number of halogens is 1. The van der Waals surface area contributed by atoms with Crippen molar-refractivity contribution < 1.29 is 9.53 Å². The van der Waals surface area contributed by atoms with Crippen molar-refractivity contribution in [1.82, 2.24) is 10.6 Å². The van der Waals surface area contributed by atoms with Crippen molar-refractivity contribution >= 4 is 18.3 Å². The first-order valence-electron chi connectivity index (χ1n) is 7.26. The van der Waals surface area contributed by atoms with Crippen molar-refractivity contribution in [3.05, 3.63) is 35.4 Å². The Morgan fingerprint density at radius 1 is 1.29 bits per heavy atom. The van der Waals surface area contributed by atoms with Crippen molar-refractivity contribution in [2.45, 2.75) is 31.8 Å². The summed E-state index contributed by atoms with van der Waals surface area (Å²) >= 11 is 0. The van der Waals surface area contributed by atoms with E-state index in [-0.39, 0.29) is 18.3 Å². The third kappa shape index (κ3) is 4.70. The fourth-order valence-corrected chi connectivity index (χ4v) is 2.59. The van der Waals surface area contributed by atoms with Gasteiger partial charge in [0.05, 0.1) is 0 Å². The molecule has 1 amide bonds. The maximum Gasteiger partial charge on any atom is 0.252 e. The number of ether oxygens (including phenoxy) is 1. The molecule has 1 aliphatic rings. The fraction of sp³-hybridized carbons (Fsp3) is 0.562. The maximum absolute atomic E-state index is 12.3. The summed E-state index contributed by atoms with van der Waals surface area (Å²) in [6, 6.07) is 8.41. The summed E-state index contributed by atoms with van der Waals surface area (Å²) in [7, 11) is 1.63. The third-order valence-corrected chi connectivity index (χ3v) is 4.04. The van der Waals surface area contributed by atoms with Crippen LogP contribution in [-0.4, -0.2) is 38.3 Å². The largest absolute Gasteiger partial charge is 0.368 e. The van der Waals surface area contributed by atoms with Crippen LogP contribution < -0.4 is 10.6 Å². The maximum atomic E-state index is 12.3. The molecule has 118 valence electrons. The summed E-state index contributed by atoms with van der Waals surface area (Å²) in [5.41, 5.74) is 1.86. The lowest BCUT2D eigenvalue weighted by Crippen LogP contribution is -2.54. The van der Waals surface area contributed by atoms with Crippen LogP contribution in [0.5, 0.6) is 0 Å². The number of hydrogen-bond acceptors (Lipinski definition) is 3. The number of benzene rings is 1. The van der Waals surface area contributed by atoms with Crippen LogP contribution in [0, 0.1) is 6.92 Å². The van der Waals surface area contributed by atoms with Crippen LogP contribution in [0.25, 0.3) is 0 Å². The molecule has 0 unspecified atom stereocenters. The molecule has 1 heterocycles. The number of methoxy groups -OCH3 is 1. The average Bonchev–Trinajstić information content (AvgIpc) is 2.50. The lowest BCUT2D eigenvalue weighted by atomic mass is 9.91. The number of aryl methyl sites for hydroxylation is 1. The molecule has 21 heavy (non-hydrogen) atoms. The van der Waals surface area contributed by atoms with E-state index in [9.17, 15) is 4.79 Å². The SMILES string of the molecule is COC1(C(=O)NCCc2ccc(C)cc2)CCNCC1.Cl. The summed E-state index contributed by atoms with van der Waals surface area (Å²) in [5, 5.41) is 6.27. The Morgan fingerprint density at radius 2 is 1.90 bits per heavy atom. The Bertz CT molecular complexity index is 442. The van der Waals surface area contributed by atoms with Gasteiger partial charge in [0.2, 0.25) is 0 Å². The highest BCUT2D eigenvalue weighted by molar-refractivity contribution is 5.85. The van der Waals surface area contributed by atoms with Crippen LogP contribution in [0.2, 0.25) is 0 Å². The van der Waals surface area contributed by atoms with Gasteiger partial charge in [0.25, 0.3) is 5.91 Å². The molecule has 1 aromatic carbocycles. The molecule has 1 aliphatic heterocycles. The quantitative estimate of drug-likeness (QED) is 0.872. The van der Waals surface area contributed by atoms with Gasteiger partial charge in [0.15, 0.2) is 0 Å². The molecule has 0 aliphatic carbocycles. The summed E-state index contributed by atoms with van der Waals surface area (Å²) in [5.74, 6) is 0.0219. The second kappa shape index (κ2) is 8.37. The predicted octanol–water partition coefficient (Wildman–Crippen LogP) is 1.84. The third-order valence-electron chi connectivity index (χ3n) is 4.04. The summed E-state index contributed by atoms with van der Waals surface area (Å²) in [6.07, 6.45) is 2.32. The van der Waals surface area contributed by atoms with Crippen LogP contribution in [0.3, 0.4) is 0 Å². The van der Waals surface area contributed by atoms with Crippen LogP contribution in [0.4, 0.5) is 0 Å². The van der Waals surface area contributed by atoms with Gasteiger partial charge in [-0.1, -0.05) is 29.8 Å². The number of hydrogen-bond donors (Lipinski definition) is 2. The highest BCUT2D eigenvalue weighted by Crippen LogP contribution is 2.22. The molecular formula is C16H25ClN2O2. The molecule has 0 aromatic heterocycles. The standard InChI is InChI=1S/C16H24N2O2.ClH/c1-13-3-5-14(6-4-13)7-10-18-15(19)16(20-2)8-11-17-12-9-16;/h3-6,17H,7-12H2,1-2H3,(H,18,19);1H. The minimum Gasteiger partial charge on any atom is -0.368 e. The lowest BCUT2D eigenvalue weighted by molar-refractivity contribution is -0.146. The van der Waals surface area contributed by atoms with Gasteiger partial charge in [0, 0.05) is 13.7 Å². The first-order chi connectivity index (χ1) is 9.66. The van der Waals surface area contributed by atoms with Gasteiger partial charge in [-0.05, 0) is 44.8 Å². The lowest BCUT2D eigenvalue weighted by Gasteiger charge is -2.34. The van der Waals surface area contributed by atoms with Crippen molar-refractivity contribution in [2.75, 3.05) is 26.7 Å². The van der Waals surface area contributed by atoms with Crippen LogP contribution in [0.1, 0.15) is 24.0 Å². The number of amides is 1. The topological polar surface area (TPSA) is 50.4 Å². The number of carbonyl (C=O) groups is 1. The minimum atomic E-state index is -0.640. The molecular weight excluding hydrogens is 288 g/mol. The zero-order valence-electron chi connectivity index (χ0n) is 12.8. The van der Waals surface area contributed by atoms with Gasteiger partial charge in [-0.15, -0.1) is 12.4 Å². The Balaban J connectivity index is 0.00000220. The molecule has 1 aromatic rings. The fourth-order valence-electron chi connectivity index (χ4n) is 2.59. The monoisotopic (exact) mass is 312 g/mol. The van der Waals surface area contributed by atoms with Crippen LogP contribution >= 0.6 is 12.4 Å². The minimum absolute atomic E-state index is 0. The first-order valence-corrected chi connectivity index (χ1v) is 7.26. The van der Waals surface area contributed by atoms with E-state index in [1.807, 2.05) is 0 Å². The van der Waals surface area contributed by atoms with E-state index < -0.39 is 5.60 Å². The van der Waals surface area contributed by atoms with Gasteiger partial charge in [0.1, 0.15) is 5.60 Å². The molecule has 1 fully saturated rings. The van der Waals surface area contributed by atoms with Gasteiger partial charge >= 0.3 is 0 Å². The highest BCUT2D eigenvalue weighted by atomic mass is 35.5. The number of piperidine rings is 1. The zero-order valence-corrected chi connectivity index (χ0v) is 13.6. The van der Waals surface area contributed by atoms with E-state index in [0.29, 0.717) is 6.54 Å². The smallest absolute Gasteiger partial charge is 0.252 e. The van der Waals surface area contributed by atoms with Crippen molar-refractivity contribution in [1.29, 1.82) is 0 Å². The molecule has 4 nitrogen and oxygen atoms in total. The second-order valence-corrected chi connectivity index (χ2v) is 5.44. The van der Waals surface area contributed by atoms with E-state index in [0.717, 1.165) is 32.4 Å². The molecule has 5 heteroatoms. The molecule has 2 N–H and O–H groups in total. The molecule has 1 saturated heterocycles. The van der Waals surface area contributed by atoms with E-state index in [4.69, 9.17) is 4.74 Å². The second-order valence-electron chi connectivity index (χ2n) is 5.44. The van der Waals surface area contributed by atoms with Crippen molar-refractivity contribution in [2.24, 2.45) is 0 Å². The zero-order chi connectivity index (χ0) is 14.4. The Labute approximate surface area is 133 Å². The summed E-state index contributed by atoms with van der Waals surface area (Å²) in [6.45, 7) is 4.39. The van der Waals surface area contributed by atoms with Gasteiger partial charge in [-0.25, -0.2) is 0 Å². The summed E-state index contributed by atoms with van der Waals surface area (Å²) < 4.78 is 5.51. The van der Waals surface area contributed by atoms with E-state index >= 15 is 0 Å². The molecule has 0 saturated carbocycles. The van der Waals surface area contributed by atoms with E-state index in [2.05, 4.69) is 41.8 Å². The van der Waals surface area contributed by atoms with Gasteiger partial charge < -0.3 is 15.4 Å². The Hall–Kier alpha value is -1.10. The van der Waals surface area contributed by atoms with Crippen LogP contribution in [-0.2, 0) is 16.0 Å². The number of nitrogens with one attached hydrogen (secondary N) is 2. The van der Waals surface area contributed by atoms with Crippen molar-refractivity contribution in [3.8, 4) is 0 Å². The Morgan fingerprint density at radius 3 is 2.48 bits per heavy atom. The molecule has 0 atom stereocenters. The van der Waals surface area contributed by atoms with E-state index in [1.54, 1.807) is 7.11 Å². The summed E-state index contributed by atoms with van der Waals surface area (Å²) in [4.78, 5) is 12.3. The van der Waals surface area contributed by atoms with Crippen LogP contribution in [0.15, 0.2) is 24.3 Å². The molecule has 0 bridgehead atoms. The number of carbonyl (C=O) groups excluding carboxylic acids is 1. The number of rotatable bonds is 5. The van der Waals surface area contributed by atoms with Crippen molar-refractivity contribution in [3.63, 3.8) is 0 Å². The Kier molecular flexibility index (Phi) is 7.15. The van der Waals surface area contributed by atoms with Gasteiger partial charge in [-0.2, -0.15) is 0 Å². The normalized spacial score (nSPS) is 16.9. The molecule has 2 rings (SSSR count).